The lowest BCUT2D eigenvalue weighted by molar-refractivity contribution is 0.0283. The number of hydrogen-bond donors (Lipinski definition) is 3. The van der Waals surface area contributed by atoms with Gasteiger partial charge in [-0.1, -0.05) is 50.2 Å². The quantitative estimate of drug-likeness (QED) is 0.384. The molecule has 0 saturated carbocycles. The van der Waals surface area contributed by atoms with E-state index in [1.165, 1.54) is 0 Å². The molecule has 4 heteroatoms. The molecule has 0 amide bonds. The molecule has 3 aromatic carbocycles. The summed E-state index contributed by atoms with van der Waals surface area (Å²) in [5.41, 5.74) is 8.12. The van der Waals surface area contributed by atoms with E-state index in [4.69, 9.17) is 4.74 Å². The van der Waals surface area contributed by atoms with Crippen LogP contribution in [0.1, 0.15) is 65.6 Å². The van der Waals surface area contributed by atoms with E-state index in [2.05, 4.69) is 44.2 Å². The Morgan fingerprint density at radius 1 is 0.758 bits per heavy atom. The maximum Gasteiger partial charge on any atom is 0.123 e. The zero-order valence-corrected chi connectivity index (χ0v) is 20.4. The van der Waals surface area contributed by atoms with Crippen molar-refractivity contribution >= 4 is 0 Å². The van der Waals surface area contributed by atoms with E-state index in [0.717, 1.165) is 55.8 Å². The number of ether oxygens (including phenoxy) is 1. The van der Waals surface area contributed by atoms with Gasteiger partial charge < -0.3 is 20.1 Å². The second kappa shape index (κ2) is 10.5. The Hall–Kier alpha value is -2.66. The summed E-state index contributed by atoms with van der Waals surface area (Å²) < 4.78 is 6.17. The molecule has 4 nitrogen and oxygen atoms in total. The molecule has 0 fully saturated rings. The molecule has 33 heavy (non-hydrogen) atoms. The van der Waals surface area contributed by atoms with Crippen molar-refractivity contribution in [1.82, 2.24) is 0 Å². The number of benzene rings is 3. The molecule has 3 N–H and O–H groups in total. The summed E-state index contributed by atoms with van der Waals surface area (Å²) in [6.45, 7) is 10.4. The van der Waals surface area contributed by atoms with Crippen LogP contribution in [0.25, 0.3) is 11.1 Å². The molecule has 176 valence electrons. The summed E-state index contributed by atoms with van der Waals surface area (Å²) in [6.07, 6.45) is 1.36. The maximum absolute atomic E-state index is 11.0. The number of rotatable bonds is 9. The minimum Gasteiger partial charge on any atom is -0.489 e. The van der Waals surface area contributed by atoms with Gasteiger partial charge in [0.25, 0.3) is 0 Å². The third kappa shape index (κ3) is 5.30. The summed E-state index contributed by atoms with van der Waals surface area (Å²) in [5.74, 6) is 0.811. The highest BCUT2D eigenvalue weighted by Gasteiger charge is 2.26. The second-order valence-electron chi connectivity index (χ2n) is 8.91. The van der Waals surface area contributed by atoms with Crippen LogP contribution in [0.5, 0.6) is 5.75 Å². The van der Waals surface area contributed by atoms with E-state index in [-0.39, 0.29) is 13.2 Å². The normalized spacial score (nSPS) is 11.6. The lowest BCUT2D eigenvalue weighted by atomic mass is 9.84. The largest absolute Gasteiger partial charge is 0.489 e. The summed E-state index contributed by atoms with van der Waals surface area (Å²) in [6, 6.07) is 16.1. The van der Waals surface area contributed by atoms with Gasteiger partial charge in [0.15, 0.2) is 0 Å². The molecule has 0 atom stereocenters. The first-order chi connectivity index (χ1) is 15.8. The van der Waals surface area contributed by atoms with Crippen molar-refractivity contribution in [2.24, 2.45) is 0 Å². The molecular weight excluding hydrogens is 412 g/mol. The van der Waals surface area contributed by atoms with Gasteiger partial charge in [0.2, 0.25) is 0 Å². The molecule has 3 rings (SSSR count). The fourth-order valence-electron chi connectivity index (χ4n) is 4.49. The summed E-state index contributed by atoms with van der Waals surface area (Å²) in [7, 11) is 0. The van der Waals surface area contributed by atoms with E-state index in [1.54, 1.807) is 0 Å². The molecule has 0 aliphatic carbocycles. The van der Waals surface area contributed by atoms with E-state index in [1.807, 2.05) is 39.0 Å². The minimum absolute atomic E-state index is 0.0937. The highest BCUT2D eigenvalue weighted by Crippen LogP contribution is 2.36. The van der Waals surface area contributed by atoms with Crippen molar-refractivity contribution in [2.75, 3.05) is 0 Å². The minimum atomic E-state index is -0.797. The zero-order valence-electron chi connectivity index (χ0n) is 20.4. The third-order valence-corrected chi connectivity index (χ3v) is 6.72. The van der Waals surface area contributed by atoms with Crippen molar-refractivity contribution in [3.8, 4) is 16.9 Å². The van der Waals surface area contributed by atoms with Gasteiger partial charge in [0.1, 0.15) is 12.4 Å². The Bertz CT molecular complexity index is 1090. The molecule has 0 aliphatic rings. The molecule has 0 aromatic heterocycles. The highest BCUT2D eigenvalue weighted by atomic mass is 16.5. The summed E-state index contributed by atoms with van der Waals surface area (Å²) in [5, 5.41) is 29.9. The topological polar surface area (TPSA) is 69.9 Å². The predicted molar refractivity (Wildman–Crippen MR) is 133 cm³/mol. The lowest BCUT2D eigenvalue weighted by Gasteiger charge is -2.27. The Morgan fingerprint density at radius 2 is 1.39 bits per heavy atom. The van der Waals surface area contributed by atoms with Gasteiger partial charge in [-0.3, -0.25) is 0 Å². The molecule has 3 aromatic rings. The van der Waals surface area contributed by atoms with Crippen LogP contribution in [-0.2, 0) is 25.4 Å². The monoisotopic (exact) mass is 448 g/mol. The smallest absolute Gasteiger partial charge is 0.123 e. The van der Waals surface area contributed by atoms with Crippen LogP contribution in [0.2, 0.25) is 0 Å². The molecule has 0 unspecified atom stereocenters. The molecule has 0 spiro atoms. The molecule has 0 bridgehead atoms. The molecule has 0 saturated heterocycles. The van der Waals surface area contributed by atoms with E-state index in [9.17, 15) is 15.3 Å². The van der Waals surface area contributed by atoms with Crippen molar-refractivity contribution in [3.63, 3.8) is 0 Å². The van der Waals surface area contributed by atoms with Crippen LogP contribution in [0.4, 0.5) is 0 Å². The van der Waals surface area contributed by atoms with E-state index >= 15 is 0 Å². The summed E-state index contributed by atoms with van der Waals surface area (Å²) in [4.78, 5) is 0. The third-order valence-electron chi connectivity index (χ3n) is 6.72. The van der Waals surface area contributed by atoms with Gasteiger partial charge in [-0.2, -0.15) is 0 Å². The number of hydrogen-bond acceptors (Lipinski definition) is 4. The van der Waals surface area contributed by atoms with Crippen molar-refractivity contribution in [3.05, 3.63) is 87.5 Å². The SMILES string of the molecule is CCC(O)(CC)c1cc(C)c(-c2ccc(C)c(OCc3ccc(CO)c(CO)c3)c2)c(C)c1. The van der Waals surface area contributed by atoms with Crippen LogP contribution in [0.15, 0.2) is 48.5 Å². The summed E-state index contributed by atoms with van der Waals surface area (Å²) >= 11 is 0. The van der Waals surface area contributed by atoms with Gasteiger partial charge in [-0.25, -0.2) is 0 Å². The van der Waals surface area contributed by atoms with Crippen LogP contribution in [0.3, 0.4) is 0 Å². The predicted octanol–water partition coefficient (Wildman–Crippen LogP) is 5.85. The van der Waals surface area contributed by atoms with Gasteiger partial charge in [0.05, 0.1) is 18.8 Å². The van der Waals surface area contributed by atoms with Crippen molar-refractivity contribution in [2.45, 2.75) is 72.9 Å². The van der Waals surface area contributed by atoms with Crippen LogP contribution < -0.4 is 4.74 Å². The van der Waals surface area contributed by atoms with E-state index in [0.29, 0.717) is 19.4 Å². The van der Waals surface area contributed by atoms with Gasteiger partial charge in [0, 0.05) is 0 Å². The first kappa shape index (κ1) is 25.0. The fraction of sp³-hybridized carbons (Fsp3) is 0.379. The number of aliphatic hydroxyl groups is 3. The standard InChI is InChI=1S/C29H36O4/c1-6-29(32,7-2)26-12-20(4)28(21(5)13-26)23-10-8-19(3)27(15-23)33-18-22-9-11-24(16-30)25(14-22)17-31/h8-15,30-32H,6-7,16-18H2,1-5H3. The number of aryl methyl sites for hydroxylation is 3. The first-order valence-corrected chi connectivity index (χ1v) is 11.7. The van der Waals surface area contributed by atoms with Crippen molar-refractivity contribution in [1.29, 1.82) is 0 Å². The Labute approximate surface area is 197 Å². The first-order valence-electron chi connectivity index (χ1n) is 11.7. The van der Waals surface area contributed by atoms with Gasteiger partial charge in [-0.15, -0.1) is 0 Å². The molecule has 0 aliphatic heterocycles. The Balaban J connectivity index is 1.90. The van der Waals surface area contributed by atoms with Crippen molar-refractivity contribution < 1.29 is 20.1 Å². The highest BCUT2D eigenvalue weighted by molar-refractivity contribution is 5.73. The number of aliphatic hydroxyl groups excluding tert-OH is 2. The van der Waals surface area contributed by atoms with Gasteiger partial charge in [-0.05, 0) is 95.8 Å². The average molecular weight is 449 g/mol. The molecular formula is C29H36O4. The van der Waals surface area contributed by atoms with Crippen LogP contribution in [-0.4, -0.2) is 15.3 Å². The lowest BCUT2D eigenvalue weighted by Crippen LogP contribution is -2.23. The van der Waals surface area contributed by atoms with Gasteiger partial charge >= 0.3 is 0 Å². The fourth-order valence-corrected chi connectivity index (χ4v) is 4.49. The zero-order chi connectivity index (χ0) is 24.2. The van der Waals surface area contributed by atoms with E-state index < -0.39 is 5.60 Å². The Morgan fingerprint density at radius 3 is 1.97 bits per heavy atom. The Kier molecular flexibility index (Phi) is 7.96. The van der Waals surface area contributed by atoms with Crippen LogP contribution in [0, 0.1) is 20.8 Å². The average Bonchev–Trinajstić information content (AvgIpc) is 2.82. The maximum atomic E-state index is 11.0. The molecule has 0 heterocycles. The second-order valence-corrected chi connectivity index (χ2v) is 8.91. The molecule has 0 radical (unpaired) electrons. The van der Waals surface area contributed by atoms with Crippen LogP contribution >= 0.6 is 0 Å².